The van der Waals surface area contributed by atoms with Crippen molar-refractivity contribution in [2.75, 3.05) is 14.2 Å². The Morgan fingerprint density at radius 1 is 0.837 bits per heavy atom. The molecule has 2 amide bonds. The van der Waals surface area contributed by atoms with Gasteiger partial charge in [0.2, 0.25) is 14.8 Å². The van der Waals surface area contributed by atoms with Gasteiger partial charge in [0.25, 0.3) is 5.91 Å². The summed E-state index contributed by atoms with van der Waals surface area (Å²) < 4.78 is 48.7. The lowest BCUT2D eigenvalue weighted by molar-refractivity contribution is -0.154. The van der Waals surface area contributed by atoms with Gasteiger partial charge >= 0.3 is 5.97 Å². The molecule has 1 saturated heterocycles. The quantitative estimate of drug-likeness (QED) is 0.0592. The van der Waals surface area contributed by atoms with E-state index in [4.69, 9.17) is 18.9 Å². The summed E-state index contributed by atoms with van der Waals surface area (Å²) >= 11 is 0. The van der Waals surface area contributed by atoms with Crippen molar-refractivity contribution in [1.29, 1.82) is 0 Å². The van der Waals surface area contributed by atoms with Crippen molar-refractivity contribution in [3.05, 3.63) is 132 Å². The Labute approximate surface area is 288 Å². The number of likely N-dealkylation sites (tertiary alicyclic amines) is 1. The first-order valence-corrected chi connectivity index (χ1v) is 17.9. The van der Waals surface area contributed by atoms with E-state index >= 15 is 0 Å². The van der Waals surface area contributed by atoms with Gasteiger partial charge in [0.15, 0.2) is 11.8 Å². The maximum absolute atomic E-state index is 13.9. The van der Waals surface area contributed by atoms with Crippen LogP contribution in [0.3, 0.4) is 0 Å². The molecule has 0 radical (unpaired) electrons. The van der Waals surface area contributed by atoms with Crippen molar-refractivity contribution in [1.82, 2.24) is 10.2 Å². The van der Waals surface area contributed by atoms with E-state index in [-0.39, 0.29) is 22.1 Å². The van der Waals surface area contributed by atoms with Crippen molar-refractivity contribution in [2.45, 2.75) is 36.3 Å². The Morgan fingerprint density at radius 2 is 1.39 bits per heavy atom. The smallest absolute Gasteiger partial charge is 0.359 e. The van der Waals surface area contributed by atoms with E-state index in [1.165, 1.54) is 46.3 Å². The van der Waals surface area contributed by atoms with E-state index in [0.29, 0.717) is 21.9 Å². The topological polar surface area (TPSA) is 138 Å². The third kappa shape index (κ3) is 7.90. The number of methoxy groups -OCH3 is 2. The third-order valence-electron chi connectivity index (χ3n) is 7.51. The van der Waals surface area contributed by atoms with Crippen molar-refractivity contribution in [2.24, 2.45) is 0 Å². The van der Waals surface area contributed by atoms with Crippen LogP contribution in [0.4, 0.5) is 0 Å². The minimum atomic E-state index is -4.16. The number of nitrogens with one attached hydrogen (secondary N) is 1. The molecule has 1 fully saturated rings. The maximum Gasteiger partial charge on any atom is 0.359 e. The van der Waals surface area contributed by atoms with Crippen LogP contribution in [0.25, 0.3) is 0 Å². The van der Waals surface area contributed by atoms with E-state index < -0.39 is 44.2 Å². The normalized spacial score (nSPS) is 16.4. The Bertz CT molecular complexity index is 1900. The standard InChI is InChI=1S/C30H30N2O8S2.C6H4O/c1-19(38-3)26(30(35)40-27(21-13-7-5-8-14-21)22-15-9-6-10-16-22)32-28(34)25(31-20(2)33)29(32)41-42(36,37)24-18-12-11-17-23(24)39-4;1-2-5-4-6(3-1)7-5/h5-18,25,27,29H,1-4H3,(H,31,33);1-4H. The number of ether oxygens (including phenoxy) is 4. The van der Waals surface area contributed by atoms with Crippen LogP contribution in [0.1, 0.15) is 31.1 Å². The van der Waals surface area contributed by atoms with Crippen LogP contribution in [0.5, 0.6) is 17.2 Å². The number of esters is 1. The first kappa shape index (κ1) is 35.0. The molecule has 254 valence electrons. The number of carbonyl (C=O) groups excluding carboxylic acids is 3. The fraction of sp³-hybridized carbons (Fsp3) is 0.194. The molecule has 49 heavy (non-hydrogen) atoms. The van der Waals surface area contributed by atoms with E-state index in [1.807, 2.05) is 60.7 Å². The second kappa shape index (κ2) is 15.3. The Hall–Kier alpha value is -5.27. The molecule has 1 N–H and O–H groups in total. The molecular weight excluding hydrogens is 669 g/mol. The summed E-state index contributed by atoms with van der Waals surface area (Å²) in [5, 5.41) is 1.27. The molecule has 0 aromatic heterocycles. The third-order valence-corrected chi connectivity index (χ3v) is 11.2. The number of fused-ring (bicyclic) bond motifs is 2. The van der Waals surface area contributed by atoms with E-state index in [9.17, 15) is 22.8 Å². The number of rotatable bonds is 11. The first-order chi connectivity index (χ1) is 23.5. The Morgan fingerprint density at radius 3 is 1.86 bits per heavy atom. The highest BCUT2D eigenvalue weighted by atomic mass is 33.1. The highest BCUT2D eigenvalue weighted by Crippen LogP contribution is 2.43. The number of hydrogen-bond donors (Lipinski definition) is 1. The SMILES string of the molecule is COC(C)=C(C(=O)OC(c1ccccc1)c1ccccc1)N1C(=O)C(NC(C)=O)C1SS(=O)(=O)c1ccccc1OC.c1cc2cc(c1)O2. The second-order valence-corrected chi connectivity index (χ2v) is 14.7. The molecule has 4 aromatic rings. The molecule has 2 bridgehead atoms. The van der Waals surface area contributed by atoms with Crippen LogP contribution in [0.15, 0.2) is 126 Å². The number of nitrogens with zero attached hydrogens (tertiary/aromatic N) is 1. The van der Waals surface area contributed by atoms with Crippen molar-refractivity contribution >= 4 is 37.4 Å². The van der Waals surface area contributed by atoms with Gasteiger partial charge in [-0.25, -0.2) is 13.2 Å². The zero-order valence-electron chi connectivity index (χ0n) is 27.1. The van der Waals surface area contributed by atoms with Crippen LogP contribution in [0.2, 0.25) is 0 Å². The van der Waals surface area contributed by atoms with E-state index in [1.54, 1.807) is 30.3 Å². The number of benzene rings is 4. The molecule has 0 aliphatic carbocycles. The monoisotopic (exact) mass is 702 g/mol. The van der Waals surface area contributed by atoms with E-state index in [0.717, 1.165) is 16.4 Å². The summed E-state index contributed by atoms with van der Waals surface area (Å²) in [7, 11) is -1.10. The molecule has 3 aliphatic rings. The van der Waals surface area contributed by atoms with E-state index in [2.05, 4.69) is 5.32 Å². The van der Waals surface area contributed by atoms with Crippen LogP contribution in [-0.4, -0.2) is 56.7 Å². The number of hydrogen-bond acceptors (Lipinski definition) is 10. The predicted molar refractivity (Wildman–Crippen MR) is 183 cm³/mol. The van der Waals surface area contributed by atoms with Crippen LogP contribution in [-0.2, 0) is 32.7 Å². The molecule has 11 nitrogen and oxygen atoms in total. The number of para-hydroxylation sites is 1. The molecule has 7 rings (SSSR count). The predicted octanol–water partition coefficient (Wildman–Crippen LogP) is 5.79. The van der Waals surface area contributed by atoms with Crippen molar-refractivity contribution in [3.63, 3.8) is 0 Å². The molecular formula is C36H34N2O9S2. The molecule has 3 heterocycles. The van der Waals surface area contributed by atoms with Gasteiger partial charge in [0, 0.05) is 23.8 Å². The molecule has 4 aromatic carbocycles. The van der Waals surface area contributed by atoms with Gasteiger partial charge in [0.05, 0.1) is 14.2 Å². The summed E-state index contributed by atoms with van der Waals surface area (Å²) in [6.07, 6.45) is -0.842. The van der Waals surface area contributed by atoms with Gasteiger partial charge < -0.3 is 24.3 Å². The summed E-state index contributed by atoms with van der Waals surface area (Å²) in [4.78, 5) is 40.1. The fourth-order valence-corrected chi connectivity index (χ4v) is 8.79. The minimum Gasteiger partial charge on any atom is -0.499 e. The molecule has 2 unspecified atom stereocenters. The summed E-state index contributed by atoms with van der Waals surface area (Å²) in [5.41, 5.74) is 1.08. The minimum absolute atomic E-state index is 0.0230. The van der Waals surface area contributed by atoms with Gasteiger partial charge in [-0.2, -0.15) is 0 Å². The van der Waals surface area contributed by atoms with Gasteiger partial charge in [-0.1, -0.05) is 78.9 Å². The summed E-state index contributed by atoms with van der Waals surface area (Å²) in [6, 6.07) is 30.8. The average Bonchev–Trinajstić information content (AvgIpc) is 3.11. The lowest BCUT2D eigenvalue weighted by Crippen LogP contribution is -2.69. The maximum atomic E-state index is 13.9. The van der Waals surface area contributed by atoms with Crippen molar-refractivity contribution < 1.29 is 41.7 Å². The van der Waals surface area contributed by atoms with Gasteiger partial charge in [-0.3, -0.25) is 14.5 Å². The molecule has 3 aliphatic heterocycles. The zero-order valence-corrected chi connectivity index (χ0v) is 28.7. The first-order valence-electron chi connectivity index (χ1n) is 15.0. The zero-order chi connectivity index (χ0) is 35.1. The lowest BCUT2D eigenvalue weighted by atomic mass is 10.0. The highest BCUT2D eigenvalue weighted by molar-refractivity contribution is 8.72. The second-order valence-electron chi connectivity index (χ2n) is 10.8. The number of carbonyl (C=O) groups is 3. The number of amides is 2. The molecule has 2 atom stereocenters. The van der Waals surface area contributed by atoms with Crippen molar-refractivity contribution in [3.8, 4) is 17.2 Å². The lowest BCUT2D eigenvalue weighted by Gasteiger charge is -2.46. The highest BCUT2D eigenvalue weighted by Gasteiger charge is 2.55. The van der Waals surface area contributed by atoms with Gasteiger partial charge in [0.1, 0.15) is 39.3 Å². The number of allylic oxidation sites excluding steroid dienone is 1. The van der Waals surface area contributed by atoms with Crippen LogP contribution < -0.4 is 14.8 Å². The summed E-state index contributed by atoms with van der Waals surface area (Å²) in [6.45, 7) is 2.67. The molecule has 0 spiro atoms. The molecule has 0 saturated carbocycles. The molecule has 13 heteroatoms. The Kier molecular flexibility index (Phi) is 10.9. The van der Waals surface area contributed by atoms with Crippen LogP contribution in [0, 0.1) is 0 Å². The van der Waals surface area contributed by atoms with Gasteiger partial charge in [-0.05, 0) is 42.3 Å². The Balaban J connectivity index is 0.000000585. The van der Waals surface area contributed by atoms with Crippen LogP contribution >= 0.6 is 10.8 Å². The largest absolute Gasteiger partial charge is 0.499 e. The number of β-lactam (4-membered cyclic amide) rings is 1. The van der Waals surface area contributed by atoms with Gasteiger partial charge in [-0.15, -0.1) is 0 Å². The summed E-state index contributed by atoms with van der Waals surface area (Å²) in [5.74, 6) is -0.0582. The average molecular weight is 703 g/mol. The fourth-order valence-electron chi connectivity index (χ4n) is 5.09.